The molecule has 1 N–H and O–H groups in total. The van der Waals surface area contributed by atoms with E-state index in [1.807, 2.05) is 6.07 Å². The Kier molecular flexibility index (Phi) is 4.23. The second-order valence-corrected chi connectivity index (χ2v) is 5.07. The smallest absolute Gasteiger partial charge is 0.131 e. The second kappa shape index (κ2) is 5.70. The van der Waals surface area contributed by atoms with E-state index in [2.05, 4.69) is 11.8 Å². The molecule has 1 atom stereocenters. The number of aliphatic hydroxyl groups excluding tert-OH is 1. The van der Waals surface area contributed by atoms with Gasteiger partial charge in [0.25, 0.3) is 0 Å². The van der Waals surface area contributed by atoms with Gasteiger partial charge in [0.15, 0.2) is 0 Å². The molecule has 0 heterocycles. The van der Waals surface area contributed by atoms with E-state index < -0.39 is 6.10 Å². The minimum Gasteiger partial charge on any atom is -0.389 e. The molecule has 0 amide bonds. The molecule has 1 aliphatic carbocycles. The maximum Gasteiger partial charge on any atom is 0.131 e. The Morgan fingerprint density at radius 3 is 2.61 bits per heavy atom. The molecule has 2 rings (SSSR count). The number of halogens is 1. The number of nitrogens with zero attached hydrogens (tertiary/aromatic N) is 1. The third kappa shape index (κ3) is 2.51. The van der Waals surface area contributed by atoms with Gasteiger partial charge < -0.3 is 10.0 Å². The summed E-state index contributed by atoms with van der Waals surface area (Å²) in [4.78, 5) is 2.25. The van der Waals surface area contributed by atoms with Crippen molar-refractivity contribution in [2.45, 2.75) is 51.7 Å². The molecule has 1 aliphatic rings. The molecule has 0 bridgehead atoms. The van der Waals surface area contributed by atoms with Gasteiger partial charge in [0.05, 0.1) is 6.10 Å². The standard InChI is InChI=1S/C15H22FNO/c1-3-17(12-7-4-5-8-12)14-10-6-9-13(16)15(14)11(2)18/h6,9-12,18H,3-5,7-8H2,1-2H3/t11-/m1/s1. The van der Waals surface area contributed by atoms with Gasteiger partial charge in [-0.1, -0.05) is 18.9 Å². The van der Waals surface area contributed by atoms with Gasteiger partial charge in [-0.05, 0) is 38.8 Å². The van der Waals surface area contributed by atoms with Crippen molar-refractivity contribution in [3.63, 3.8) is 0 Å². The van der Waals surface area contributed by atoms with Crippen LogP contribution in [-0.4, -0.2) is 17.7 Å². The molecular formula is C15H22FNO. The highest BCUT2D eigenvalue weighted by Gasteiger charge is 2.25. The number of rotatable bonds is 4. The molecule has 2 nitrogen and oxygen atoms in total. The van der Waals surface area contributed by atoms with Crippen LogP contribution in [0.4, 0.5) is 10.1 Å². The summed E-state index contributed by atoms with van der Waals surface area (Å²) in [6.45, 7) is 4.58. The van der Waals surface area contributed by atoms with Gasteiger partial charge >= 0.3 is 0 Å². The van der Waals surface area contributed by atoms with Crippen LogP contribution in [0.25, 0.3) is 0 Å². The van der Waals surface area contributed by atoms with Crippen LogP contribution in [-0.2, 0) is 0 Å². The molecule has 18 heavy (non-hydrogen) atoms. The minimum absolute atomic E-state index is 0.307. The number of aliphatic hydroxyl groups is 1. The summed E-state index contributed by atoms with van der Waals surface area (Å²) in [7, 11) is 0. The minimum atomic E-state index is -0.767. The van der Waals surface area contributed by atoms with Crippen molar-refractivity contribution >= 4 is 5.69 Å². The molecule has 100 valence electrons. The number of anilines is 1. The Hall–Kier alpha value is -1.09. The number of hydrogen-bond acceptors (Lipinski definition) is 2. The van der Waals surface area contributed by atoms with Crippen LogP contribution in [0.15, 0.2) is 18.2 Å². The maximum absolute atomic E-state index is 13.9. The first-order valence-corrected chi connectivity index (χ1v) is 6.88. The highest BCUT2D eigenvalue weighted by molar-refractivity contribution is 5.56. The molecular weight excluding hydrogens is 229 g/mol. The highest BCUT2D eigenvalue weighted by atomic mass is 19.1. The van der Waals surface area contributed by atoms with Crippen molar-refractivity contribution in [1.82, 2.24) is 0 Å². The van der Waals surface area contributed by atoms with Crippen molar-refractivity contribution in [2.24, 2.45) is 0 Å². The molecule has 0 spiro atoms. The van der Waals surface area contributed by atoms with Gasteiger partial charge in [0.2, 0.25) is 0 Å². The fraction of sp³-hybridized carbons (Fsp3) is 0.600. The lowest BCUT2D eigenvalue weighted by atomic mass is 10.0. The summed E-state index contributed by atoms with van der Waals surface area (Å²) in [6, 6.07) is 5.57. The van der Waals surface area contributed by atoms with Gasteiger partial charge in [-0.15, -0.1) is 0 Å². The lowest BCUT2D eigenvalue weighted by Crippen LogP contribution is -2.34. The van der Waals surface area contributed by atoms with E-state index in [1.165, 1.54) is 31.7 Å². The third-order valence-corrected chi connectivity index (χ3v) is 3.86. The van der Waals surface area contributed by atoms with Gasteiger partial charge in [0, 0.05) is 23.8 Å². The Labute approximate surface area is 108 Å². The average Bonchev–Trinajstić information content (AvgIpc) is 2.83. The Balaban J connectivity index is 2.38. The van der Waals surface area contributed by atoms with Crippen molar-refractivity contribution in [1.29, 1.82) is 0 Å². The van der Waals surface area contributed by atoms with Gasteiger partial charge in [-0.3, -0.25) is 0 Å². The predicted octanol–water partition coefficient (Wildman–Crippen LogP) is 3.65. The Morgan fingerprint density at radius 2 is 2.06 bits per heavy atom. The Bertz CT molecular complexity index is 399. The molecule has 1 saturated carbocycles. The zero-order valence-corrected chi connectivity index (χ0v) is 11.2. The predicted molar refractivity (Wildman–Crippen MR) is 72.3 cm³/mol. The van der Waals surface area contributed by atoms with Crippen molar-refractivity contribution in [2.75, 3.05) is 11.4 Å². The van der Waals surface area contributed by atoms with Crippen molar-refractivity contribution < 1.29 is 9.50 Å². The lowest BCUT2D eigenvalue weighted by molar-refractivity contribution is 0.194. The van der Waals surface area contributed by atoms with E-state index in [0.29, 0.717) is 11.6 Å². The van der Waals surface area contributed by atoms with Gasteiger partial charge in [0.1, 0.15) is 5.82 Å². The van der Waals surface area contributed by atoms with Crippen LogP contribution >= 0.6 is 0 Å². The van der Waals surface area contributed by atoms with E-state index in [1.54, 1.807) is 13.0 Å². The maximum atomic E-state index is 13.9. The van der Waals surface area contributed by atoms with Crippen molar-refractivity contribution in [3.8, 4) is 0 Å². The van der Waals surface area contributed by atoms with Gasteiger partial charge in [-0.2, -0.15) is 0 Å². The molecule has 1 aromatic rings. The first kappa shape index (κ1) is 13.3. The SMILES string of the molecule is CCN(c1cccc(F)c1[C@@H](C)O)C1CCCC1. The molecule has 1 fully saturated rings. The van der Waals surface area contributed by atoms with E-state index in [-0.39, 0.29) is 5.82 Å². The summed E-state index contributed by atoms with van der Waals surface area (Å²) < 4.78 is 13.9. The van der Waals surface area contributed by atoms with Crippen LogP contribution < -0.4 is 4.90 Å². The summed E-state index contributed by atoms with van der Waals surface area (Å²) >= 11 is 0. The van der Waals surface area contributed by atoms with Crippen LogP contribution in [0.2, 0.25) is 0 Å². The Morgan fingerprint density at radius 1 is 1.39 bits per heavy atom. The molecule has 0 saturated heterocycles. The number of benzene rings is 1. The topological polar surface area (TPSA) is 23.5 Å². The second-order valence-electron chi connectivity index (χ2n) is 5.07. The summed E-state index contributed by atoms with van der Waals surface area (Å²) in [6.07, 6.45) is 4.07. The molecule has 0 radical (unpaired) electrons. The molecule has 0 aromatic heterocycles. The van der Waals surface area contributed by atoms with E-state index >= 15 is 0 Å². The third-order valence-electron chi connectivity index (χ3n) is 3.86. The monoisotopic (exact) mass is 251 g/mol. The van der Waals surface area contributed by atoms with E-state index in [0.717, 1.165) is 12.2 Å². The largest absolute Gasteiger partial charge is 0.389 e. The zero-order chi connectivity index (χ0) is 13.1. The first-order chi connectivity index (χ1) is 8.65. The number of hydrogen-bond donors (Lipinski definition) is 1. The molecule has 3 heteroatoms. The quantitative estimate of drug-likeness (QED) is 0.883. The van der Waals surface area contributed by atoms with Crippen LogP contribution in [0.1, 0.15) is 51.2 Å². The normalized spacial score (nSPS) is 18.0. The molecule has 0 unspecified atom stereocenters. The summed E-state index contributed by atoms with van der Waals surface area (Å²) in [5, 5.41) is 9.81. The van der Waals surface area contributed by atoms with Gasteiger partial charge in [-0.25, -0.2) is 4.39 Å². The lowest BCUT2D eigenvalue weighted by Gasteiger charge is -2.32. The summed E-state index contributed by atoms with van der Waals surface area (Å²) in [5.74, 6) is -0.307. The van der Waals surface area contributed by atoms with Crippen LogP contribution in [0.3, 0.4) is 0 Å². The highest BCUT2D eigenvalue weighted by Crippen LogP contribution is 2.34. The first-order valence-electron chi connectivity index (χ1n) is 6.88. The average molecular weight is 251 g/mol. The zero-order valence-electron chi connectivity index (χ0n) is 11.2. The molecule has 1 aromatic carbocycles. The fourth-order valence-corrected chi connectivity index (χ4v) is 3.03. The molecule has 0 aliphatic heterocycles. The van der Waals surface area contributed by atoms with Crippen molar-refractivity contribution in [3.05, 3.63) is 29.6 Å². The van der Waals surface area contributed by atoms with E-state index in [4.69, 9.17) is 0 Å². The van der Waals surface area contributed by atoms with E-state index in [9.17, 15) is 9.50 Å². The van der Waals surface area contributed by atoms with Crippen LogP contribution in [0.5, 0.6) is 0 Å². The summed E-state index contributed by atoms with van der Waals surface area (Å²) in [5.41, 5.74) is 1.30. The fourth-order valence-electron chi connectivity index (χ4n) is 3.03. The van der Waals surface area contributed by atoms with Crippen LogP contribution in [0, 0.1) is 5.82 Å².